The molecule has 0 bridgehead atoms. The van der Waals surface area contributed by atoms with Crippen LogP contribution in [0.2, 0.25) is 0 Å². The molecule has 6 nitrogen and oxygen atoms in total. The number of rotatable bonds is 10. The number of methoxy groups -OCH3 is 2. The van der Waals surface area contributed by atoms with Gasteiger partial charge in [0, 0.05) is 25.9 Å². The van der Waals surface area contributed by atoms with Crippen molar-refractivity contribution in [2.45, 2.75) is 32.4 Å². The Morgan fingerprint density at radius 1 is 0.704 bits per heavy atom. The Hall–Kier alpha value is -3.02. The Morgan fingerprint density at radius 3 is 1.41 bits per heavy atom. The molecule has 6 heteroatoms. The van der Waals surface area contributed by atoms with Gasteiger partial charge in [0.1, 0.15) is 11.5 Å². The van der Waals surface area contributed by atoms with Gasteiger partial charge in [0.2, 0.25) is 11.8 Å². The summed E-state index contributed by atoms with van der Waals surface area (Å²) in [5.41, 5.74) is 2.00. The maximum atomic E-state index is 11.9. The van der Waals surface area contributed by atoms with Crippen LogP contribution in [0.4, 0.5) is 0 Å². The first-order valence-electron chi connectivity index (χ1n) is 8.90. The number of nitrogens with one attached hydrogen (secondary N) is 2. The van der Waals surface area contributed by atoms with Crippen molar-refractivity contribution in [2.75, 3.05) is 14.2 Å². The summed E-state index contributed by atoms with van der Waals surface area (Å²) in [5.74, 6) is 1.44. The molecule has 0 aliphatic carbocycles. The molecule has 2 amide bonds. The zero-order valence-corrected chi connectivity index (χ0v) is 15.8. The average Bonchev–Trinajstić information content (AvgIpc) is 2.71. The lowest BCUT2D eigenvalue weighted by atomic mass is 10.2. The number of hydrogen-bond donors (Lipinski definition) is 2. The summed E-state index contributed by atoms with van der Waals surface area (Å²) in [6.07, 6.45) is 1.17. The molecule has 0 aliphatic heterocycles. The van der Waals surface area contributed by atoms with Crippen LogP contribution in [0, 0.1) is 0 Å². The van der Waals surface area contributed by atoms with Gasteiger partial charge in [-0.3, -0.25) is 9.59 Å². The number of carbonyl (C=O) groups is 2. The van der Waals surface area contributed by atoms with E-state index in [0.717, 1.165) is 22.6 Å². The Labute approximate surface area is 159 Å². The molecule has 0 saturated carbocycles. The first-order chi connectivity index (χ1) is 13.1. The van der Waals surface area contributed by atoms with Crippen LogP contribution in [-0.4, -0.2) is 26.0 Å². The van der Waals surface area contributed by atoms with E-state index in [1.54, 1.807) is 14.2 Å². The SMILES string of the molecule is COc1ccc(CNC(=O)CCCC(=O)NCc2ccc(OC)cc2)cc1. The summed E-state index contributed by atoms with van der Waals surface area (Å²) in [6.45, 7) is 0.930. The molecule has 2 N–H and O–H groups in total. The van der Waals surface area contributed by atoms with E-state index in [1.807, 2.05) is 48.5 Å². The van der Waals surface area contributed by atoms with E-state index in [0.29, 0.717) is 32.4 Å². The number of hydrogen-bond acceptors (Lipinski definition) is 4. The van der Waals surface area contributed by atoms with Gasteiger partial charge in [0.05, 0.1) is 14.2 Å². The number of amides is 2. The van der Waals surface area contributed by atoms with Crippen molar-refractivity contribution in [1.82, 2.24) is 10.6 Å². The maximum absolute atomic E-state index is 11.9. The van der Waals surface area contributed by atoms with Gasteiger partial charge in [-0.1, -0.05) is 24.3 Å². The molecular formula is C21H26N2O4. The molecule has 2 rings (SSSR count). The lowest BCUT2D eigenvalue weighted by Gasteiger charge is -2.08. The van der Waals surface area contributed by atoms with Crippen molar-refractivity contribution in [3.63, 3.8) is 0 Å². The first kappa shape index (κ1) is 20.3. The third-order valence-electron chi connectivity index (χ3n) is 4.11. The molecule has 0 atom stereocenters. The average molecular weight is 370 g/mol. The van der Waals surface area contributed by atoms with Gasteiger partial charge < -0.3 is 20.1 Å². The molecule has 27 heavy (non-hydrogen) atoms. The van der Waals surface area contributed by atoms with Crippen molar-refractivity contribution in [3.05, 3.63) is 59.7 Å². The molecule has 0 unspecified atom stereocenters. The standard InChI is InChI=1S/C21H26N2O4/c1-26-18-10-6-16(7-11-18)14-22-20(24)4-3-5-21(25)23-15-17-8-12-19(27-2)13-9-17/h6-13H,3-5,14-15H2,1-2H3,(H,22,24)(H,23,25). The predicted octanol–water partition coefficient (Wildman–Crippen LogP) is 2.81. The van der Waals surface area contributed by atoms with E-state index in [9.17, 15) is 9.59 Å². The van der Waals surface area contributed by atoms with Gasteiger partial charge in [-0.05, 0) is 41.8 Å². The fourth-order valence-electron chi connectivity index (χ4n) is 2.47. The molecule has 0 aliphatic rings. The van der Waals surface area contributed by atoms with Crippen molar-refractivity contribution in [2.24, 2.45) is 0 Å². The van der Waals surface area contributed by atoms with E-state index in [1.165, 1.54) is 0 Å². The fraction of sp³-hybridized carbons (Fsp3) is 0.333. The highest BCUT2D eigenvalue weighted by Gasteiger charge is 2.06. The molecule has 2 aromatic carbocycles. The van der Waals surface area contributed by atoms with Crippen LogP contribution in [0.5, 0.6) is 11.5 Å². The number of benzene rings is 2. The second kappa shape index (κ2) is 10.9. The summed E-state index contributed by atoms with van der Waals surface area (Å²) in [4.78, 5) is 23.8. The number of ether oxygens (including phenoxy) is 2. The van der Waals surface area contributed by atoms with Gasteiger partial charge in [0.25, 0.3) is 0 Å². The second-order valence-electron chi connectivity index (χ2n) is 6.10. The minimum Gasteiger partial charge on any atom is -0.497 e. The molecular weight excluding hydrogens is 344 g/mol. The van der Waals surface area contributed by atoms with Gasteiger partial charge >= 0.3 is 0 Å². The second-order valence-corrected chi connectivity index (χ2v) is 6.10. The third-order valence-corrected chi connectivity index (χ3v) is 4.11. The Balaban J connectivity index is 1.59. The molecule has 0 radical (unpaired) electrons. The minimum absolute atomic E-state index is 0.0613. The maximum Gasteiger partial charge on any atom is 0.220 e. The molecule has 0 spiro atoms. The smallest absolute Gasteiger partial charge is 0.220 e. The van der Waals surface area contributed by atoms with Gasteiger partial charge in [-0.25, -0.2) is 0 Å². The highest BCUT2D eigenvalue weighted by atomic mass is 16.5. The predicted molar refractivity (Wildman–Crippen MR) is 104 cm³/mol. The summed E-state index contributed by atoms with van der Waals surface area (Å²) < 4.78 is 10.2. The normalized spacial score (nSPS) is 10.1. The van der Waals surface area contributed by atoms with Crippen molar-refractivity contribution >= 4 is 11.8 Å². The quantitative estimate of drug-likeness (QED) is 0.674. The van der Waals surface area contributed by atoms with Crippen molar-refractivity contribution in [1.29, 1.82) is 0 Å². The van der Waals surface area contributed by atoms with Crippen LogP contribution in [0.15, 0.2) is 48.5 Å². The van der Waals surface area contributed by atoms with E-state index in [4.69, 9.17) is 9.47 Å². The van der Waals surface area contributed by atoms with Crippen LogP contribution in [0.25, 0.3) is 0 Å². The third kappa shape index (κ3) is 7.40. The van der Waals surface area contributed by atoms with Crippen LogP contribution in [0.1, 0.15) is 30.4 Å². The largest absolute Gasteiger partial charge is 0.497 e. The fourth-order valence-corrected chi connectivity index (χ4v) is 2.47. The Morgan fingerprint density at radius 2 is 1.07 bits per heavy atom. The Kier molecular flexibility index (Phi) is 8.16. The van der Waals surface area contributed by atoms with Gasteiger partial charge in [-0.2, -0.15) is 0 Å². The van der Waals surface area contributed by atoms with Gasteiger partial charge in [0.15, 0.2) is 0 Å². The molecule has 2 aromatic rings. The summed E-state index contributed by atoms with van der Waals surface area (Å²) in [6, 6.07) is 15.1. The zero-order chi connectivity index (χ0) is 19.5. The molecule has 144 valence electrons. The van der Waals surface area contributed by atoms with Crippen LogP contribution in [-0.2, 0) is 22.7 Å². The van der Waals surface area contributed by atoms with Gasteiger partial charge in [-0.15, -0.1) is 0 Å². The topological polar surface area (TPSA) is 76.7 Å². The summed E-state index contributed by atoms with van der Waals surface area (Å²) >= 11 is 0. The van der Waals surface area contributed by atoms with E-state index < -0.39 is 0 Å². The van der Waals surface area contributed by atoms with Crippen molar-refractivity contribution < 1.29 is 19.1 Å². The van der Waals surface area contributed by atoms with Crippen molar-refractivity contribution in [3.8, 4) is 11.5 Å². The number of carbonyl (C=O) groups excluding carboxylic acids is 2. The highest BCUT2D eigenvalue weighted by molar-refractivity contribution is 5.78. The molecule has 0 saturated heterocycles. The summed E-state index contributed by atoms with van der Waals surface area (Å²) in [5, 5.41) is 5.71. The molecule has 0 fully saturated rings. The van der Waals surface area contributed by atoms with E-state index >= 15 is 0 Å². The lowest BCUT2D eigenvalue weighted by molar-refractivity contribution is -0.122. The molecule has 0 aromatic heterocycles. The Bertz CT molecular complexity index is 663. The first-order valence-corrected chi connectivity index (χ1v) is 8.90. The highest BCUT2D eigenvalue weighted by Crippen LogP contribution is 2.12. The minimum atomic E-state index is -0.0613. The summed E-state index contributed by atoms with van der Waals surface area (Å²) in [7, 11) is 3.23. The van der Waals surface area contributed by atoms with Crippen LogP contribution < -0.4 is 20.1 Å². The zero-order valence-electron chi connectivity index (χ0n) is 15.8. The van der Waals surface area contributed by atoms with Crippen LogP contribution in [0.3, 0.4) is 0 Å². The van der Waals surface area contributed by atoms with E-state index in [2.05, 4.69) is 10.6 Å². The van der Waals surface area contributed by atoms with E-state index in [-0.39, 0.29) is 11.8 Å². The van der Waals surface area contributed by atoms with Crippen LogP contribution >= 0.6 is 0 Å². The monoisotopic (exact) mass is 370 g/mol. The molecule has 0 heterocycles. The lowest BCUT2D eigenvalue weighted by Crippen LogP contribution is -2.25.